The number of benzene rings is 1. The molecule has 5 heteroatoms. The molecule has 20 heavy (non-hydrogen) atoms. The van der Waals surface area contributed by atoms with E-state index in [1.54, 1.807) is 4.90 Å². The third-order valence-corrected chi connectivity index (χ3v) is 3.72. The molecular weight excluding hydrogens is 254 g/mol. The van der Waals surface area contributed by atoms with Gasteiger partial charge in [0.1, 0.15) is 6.04 Å². The Balaban J connectivity index is 2.12. The quantitative estimate of drug-likeness (QED) is 0.836. The van der Waals surface area contributed by atoms with Crippen LogP contribution in [-0.2, 0) is 22.6 Å². The predicted molar refractivity (Wildman–Crippen MR) is 76.8 cm³/mol. The van der Waals surface area contributed by atoms with Crippen LogP contribution in [0, 0.1) is 0 Å². The molecule has 1 aromatic rings. The third kappa shape index (κ3) is 2.99. The van der Waals surface area contributed by atoms with Crippen molar-refractivity contribution in [2.45, 2.75) is 32.4 Å². The molecule has 2 amide bonds. The molecule has 5 nitrogen and oxygen atoms in total. The molecule has 0 bridgehead atoms. The molecule has 1 aromatic carbocycles. The minimum atomic E-state index is -0.346. The summed E-state index contributed by atoms with van der Waals surface area (Å²) < 4.78 is 0. The zero-order valence-electron chi connectivity index (χ0n) is 11.8. The van der Waals surface area contributed by atoms with E-state index in [-0.39, 0.29) is 17.9 Å². The summed E-state index contributed by atoms with van der Waals surface area (Å²) in [4.78, 5) is 25.9. The molecule has 108 valence electrons. The fourth-order valence-electron chi connectivity index (χ4n) is 2.61. The number of piperazine rings is 1. The van der Waals surface area contributed by atoms with Crippen LogP contribution in [0.1, 0.15) is 24.5 Å². The minimum Gasteiger partial charge on any atom is -0.353 e. The maximum absolute atomic E-state index is 12.5. The van der Waals surface area contributed by atoms with Gasteiger partial charge in [0.15, 0.2) is 0 Å². The van der Waals surface area contributed by atoms with Crippen molar-refractivity contribution in [1.82, 2.24) is 10.2 Å². The van der Waals surface area contributed by atoms with Crippen LogP contribution in [0.2, 0.25) is 0 Å². The van der Waals surface area contributed by atoms with Crippen molar-refractivity contribution >= 4 is 11.8 Å². The predicted octanol–water partition coefficient (Wildman–Crippen LogP) is 0.425. The van der Waals surface area contributed by atoms with E-state index < -0.39 is 0 Å². The van der Waals surface area contributed by atoms with Crippen molar-refractivity contribution in [1.29, 1.82) is 0 Å². The molecule has 0 aliphatic carbocycles. The second-order valence-corrected chi connectivity index (χ2v) is 4.95. The van der Waals surface area contributed by atoms with E-state index in [0.717, 1.165) is 11.1 Å². The van der Waals surface area contributed by atoms with Crippen molar-refractivity contribution in [3.8, 4) is 0 Å². The topological polar surface area (TPSA) is 75.4 Å². The number of carbonyl (C=O) groups is 2. The number of amides is 2. The Kier molecular flexibility index (Phi) is 4.74. The van der Waals surface area contributed by atoms with Gasteiger partial charge in [0.05, 0.1) is 6.42 Å². The number of rotatable bonds is 4. The van der Waals surface area contributed by atoms with Crippen molar-refractivity contribution in [2.24, 2.45) is 5.73 Å². The van der Waals surface area contributed by atoms with Crippen molar-refractivity contribution in [3.05, 3.63) is 35.4 Å². The fraction of sp³-hybridized carbons (Fsp3) is 0.467. The molecular formula is C15H21N3O2. The first kappa shape index (κ1) is 14.5. The molecule has 1 fully saturated rings. The zero-order valence-corrected chi connectivity index (χ0v) is 11.8. The Morgan fingerprint density at radius 1 is 1.40 bits per heavy atom. The third-order valence-electron chi connectivity index (χ3n) is 3.72. The van der Waals surface area contributed by atoms with E-state index in [1.165, 1.54) is 0 Å². The van der Waals surface area contributed by atoms with Gasteiger partial charge < -0.3 is 16.0 Å². The summed E-state index contributed by atoms with van der Waals surface area (Å²) in [5.41, 5.74) is 7.62. The van der Waals surface area contributed by atoms with E-state index in [4.69, 9.17) is 5.73 Å². The number of nitrogens with zero attached hydrogens (tertiary/aromatic N) is 1. The van der Waals surface area contributed by atoms with Crippen LogP contribution >= 0.6 is 0 Å². The standard InChI is InChI=1S/C15H21N3O2/c1-2-13-15(20)17-7-8-18(13)14(19)9-11-5-3-4-6-12(11)10-16/h3-6,13H,2,7-10,16H2,1H3,(H,17,20). The number of nitrogens with two attached hydrogens (primary N) is 1. The molecule has 0 spiro atoms. The molecule has 1 aliphatic rings. The summed E-state index contributed by atoms with van der Waals surface area (Å²) in [6, 6.07) is 7.33. The van der Waals surface area contributed by atoms with Gasteiger partial charge in [0.2, 0.25) is 11.8 Å². The van der Waals surface area contributed by atoms with Gasteiger partial charge in [-0.2, -0.15) is 0 Å². The highest BCUT2D eigenvalue weighted by Gasteiger charge is 2.31. The normalized spacial score (nSPS) is 18.8. The van der Waals surface area contributed by atoms with E-state index in [1.807, 2.05) is 31.2 Å². The van der Waals surface area contributed by atoms with Gasteiger partial charge in [-0.1, -0.05) is 31.2 Å². The van der Waals surface area contributed by atoms with Gasteiger partial charge in [0.25, 0.3) is 0 Å². The summed E-state index contributed by atoms with van der Waals surface area (Å²) in [7, 11) is 0. The van der Waals surface area contributed by atoms with E-state index in [2.05, 4.69) is 5.32 Å². The van der Waals surface area contributed by atoms with Crippen LogP contribution < -0.4 is 11.1 Å². The first-order valence-corrected chi connectivity index (χ1v) is 7.01. The van der Waals surface area contributed by atoms with Crippen LogP contribution in [0.3, 0.4) is 0 Å². The van der Waals surface area contributed by atoms with Gasteiger partial charge in [0, 0.05) is 19.6 Å². The Bertz CT molecular complexity index is 502. The number of hydrogen-bond acceptors (Lipinski definition) is 3. The van der Waals surface area contributed by atoms with Gasteiger partial charge in [-0.05, 0) is 17.5 Å². The molecule has 0 saturated carbocycles. The summed E-state index contributed by atoms with van der Waals surface area (Å²) in [5.74, 6) is -0.0631. The lowest BCUT2D eigenvalue weighted by Crippen LogP contribution is -2.57. The van der Waals surface area contributed by atoms with Crippen LogP contribution in [0.25, 0.3) is 0 Å². The second kappa shape index (κ2) is 6.52. The lowest BCUT2D eigenvalue weighted by molar-refractivity contribution is -0.142. The van der Waals surface area contributed by atoms with Gasteiger partial charge in [-0.15, -0.1) is 0 Å². The van der Waals surface area contributed by atoms with Crippen LogP contribution in [0.5, 0.6) is 0 Å². The second-order valence-electron chi connectivity index (χ2n) is 4.95. The Labute approximate surface area is 119 Å². The van der Waals surface area contributed by atoms with E-state index in [0.29, 0.717) is 32.5 Å². The summed E-state index contributed by atoms with van der Waals surface area (Å²) in [5, 5.41) is 2.80. The van der Waals surface area contributed by atoms with Crippen LogP contribution in [0.15, 0.2) is 24.3 Å². The summed E-state index contributed by atoms with van der Waals surface area (Å²) in [6.45, 7) is 3.44. The molecule has 1 heterocycles. The first-order chi connectivity index (χ1) is 9.67. The highest BCUT2D eigenvalue weighted by Crippen LogP contribution is 2.14. The van der Waals surface area contributed by atoms with Crippen LogP contribution in [-0.4, -0.2) is 35.8 Å². The van der Waals surface area contributed by atoms with Gasteiger partial charge in [-0.3, -0.25) is 9.59 Å². The van der Waals surface area contributed by atoms with Gasteiger partial charge in [-0.25, -0.2) is 0 Å². The lowest BCUT2D eigenvalue weighted by atomic mass is 10.0. The SMILES string of the molecule is CCC1C(=O)NCCN1C(=O)Cc1ccccc1CN. The molecule has 0 radical (unpaired) electrons. The molecule has 1 aliphatic heterocycles. The van der Waals surface area contributed by atoms with Gasteiger partial charge >= 0.3 is 0 Å². The average Bonchev–Trinajstić information content (AvgIpc) is 2.47. The van der Waals surface area contributed by atoms with Crippen molar-refractivity contribution in [2.75, 3.05) is 13.1 Å². The monoisotopic (exact) mass is 275 g/mol. The molecule has 3 N–H and O–H groups in total. The molecule has 2 rings (SSSR count). The minimum absolute atomic E-state index is 0.00685. The number of nitrogens with one attached hydrogen (secondary N) is 1. The van der Waals surface area contributed by atoms with Crippen molar-refractivity contribution in [3.63, 3.8) is 0 Å². The largest absolute Gasteiger partial charge is 0.353 e. The Hall–Kier alpha value is -1.88. The van der Waals surface area contributed by atoms with Crippen molar-refractivity contribution < 1.29 is 9.59 Å². The van der Waals surface area contributed by atoms with E-state index >= 15 is 0 Å². The highest BCUT2D eigenvalue weighted by molar-refractivity contribution is 5.89. The zero-order chi connectivity index (χ0) is 14.5. The smallest absolute Gasteiger partial charge is 0.242 e. The maximum Gasteiger partial charge on any atom is 0.242 e. The maximum atomic E-state index is 12.5. The number of carbonyl (C=O) groups excluding carboxylic acids is 2. The van der Waals surface area contributed by atoms with Crippen LogP contribution in [0.4, 0.5) is 0 Å². The molecule has 1 saturated heterocycles. The Morgan fingerprint density at radius 2 is 2.10 bits per heavy atom. The fourth-order valence-corrected chi connectivity index (χ4v) is 2.61. The molecule has 0 aromatic heterocycles. The highest BCUT2D eigenvalue weighted by atomic mass is 16.2. The molecule has 1 atom stereocenters. The van der Waals surface area contributed by atoms with E-state index in [9.17, 15) is 9.59 Å². The summed E-state index contributed by atoms with van der Waals surface area (Å²) in [6.07, 6.45) is 0.938. The molecule has 1 unspecified atom stereocenters. The average molecular weight is 275 g/mol. The summed E-state index contributed by atoms with van der Waals surface area (Å²) >= 11 is 0. The Morgan fingerprint density at radius 3 is 2.75 bits per heavy atom. The lowest BCUT2D eigenvalue weighted by Gasteiger charge is -2.34. The number of hydrogen-bond donors (Lipinski definition) is 2. The first-order valence-electron chi connectivity index (χ1n) is 7.01.